The van der Waals surface area contributed by atoms with E-state index in [9.17, 15) is 18.0 Å². The number of imidazole rings is 1. The van der Waals surface area contributed by atoms with E-state index in [2.05, 4.69) is 37.8 Å². The van der Waals surface area contributed by atoms with Crippen LogP contribution >= 0.6 is 0 Å². The lowest BCUT2D eigenvalue weighted by molar-refractivity contribution is -0.122. The van der Waals surface area contributed by atoms with E-state index < -0.39 is 18.8 Å². The first kappa shape index (κ1) is 25.5. The molecule has 1 aromatic carbocycles. The van der Waals surface area contributed by atoms with Crippen LogP contribution in [-0.2, 0) is 0 Å². The summed E-state index contributed by atoms with van der Waals surface area (Å²) < 4.78 is 38.9. The van der Waals surface area contributed by atoms with E-state index in [1.54, 1.807) is 29.7 Å². The molecule has 1 fully saturated rings. The van der Waals surface area contributed by atoms with Gasteiger partial charge in [0.05, 0.1) is 17.6 Å². The van der Waals surface area contributed by atoms with Gasteiger partial charge in [0, 0.05) is 29.1 Å². The van der Waals surface area contributed by atoms with Crippen LogP contribution < -0.4 is 16.0 Å². The van der Waals surface area contributed by atoms with Crippen molar-refractivity contribution in [3.63, 3.8) is 0 Å². The number of likely N-dealkylation sites (tertiary alicyclic amines) is 1. The maximum absolute atomic E-state index is 12.3. The minimum absolute atomic E-state index is 0.359. The minimum Gasteiger partial charge on any atom is -0.366 e. The number of anilines is 2. The Morgan fingerprint density at radius 1 is 1.05 bits per heavy atom. The Kier molecular flexibility index (Phi) is 7.14. The van der Waals surface area contributed by atoms with Crippen LogP contribution in [0.2, 0.25) is 0 Å². The Balaban J connectivity index is 1.28. The lowest BCUT2D eigenvalue weighted by Crippen LogP contribution is -2.36. The molecule has 5 rings (SSSR count). The molecular formula is C26H27F3N8O. The first-order valence-electron chi connectivity index (χ1n) is 12.2. The second-order valence-corrected chi connectivity index (χ2v) is 9.32. The molecule has 1 aliphatic rings. The van der Waals surface area contributed by atoms with Gasteiger partial charge in [0.25, 0.3) is 0 Å². The average molecular weight is 525 g/mol. The van der Waals surface area contributed by atoms with E-state index in [0.717, 1.165) is 54.3 Å². The third-order valence-electron chi connectivity index (χ3n) is 6.41. The maximum atomic E-state index is 12.3. The summed E-state index contributed by atoms with van der Waals surface area (Å²) in [6, 6.07) is 14.0. The minimum atomic E-state index is -4.48. The van der Waals surface area contributed by atoms with E-state index in [1.165, 1.54) is 0 Å². The average Bonchev–Trinajstić information content (AvgIpc) is 3.32. The molecule has 0 saturated carbocycles. The van der Waals surface area contributed by atoms with Crippen LogP contribution in [0.1, 0.15) is 12.8 Å². The van der Waals surface area contributed by atoms with Crippen LogP contribution in [0.3, 0.4) is 0 Å². The SMILES string of the molecule is CN1CCC(Nc2ccc(-c3ccn4c(-c5cccc(NC(=O)NCC(F)(F)F)c5)cnc4c3)nn2)CC1. The van der Waals surface area contributed by atoms with Gasteiger partial charge in [0.15, 0.2) is 0 Å². The van der Waals surface area contributed by atoms with E-state index in [1.807, 2.05) is 40.9 Å². The summed E-state index contributed by atoms with van der Waals surface area (Å²) in [4.78, 5) is 18.6. The predicted molar refractivity (Wildman–Crippen MR) is 139 cm³/mol. The van der Waals surface area contributed by atoms with Crippen molar-refractivity contribution in [1.29, 1.82) is 0 Å². The molecule has 0 atom stereocenters. The number of hydrogen-bond acceptors (Lipinski definition) is 6. The molecule has 1 aliphatic heterocycles. The highest BCUT2D eigenvalue weighted by Gasteiger charge is 2.27. The molecular weight excluding hydrogens is 497 g/mol. The van der Waals surface area contributed by atoms with E-state index in [4.69, 9.17) is 0 Å². The summed E-state index contributed by atoms with van der Waals surface area (Å²) in [5.74, 6) is 0.757. The Bertz CT molecular complexity index is 1410. The van der Waals surface area contributed by atoms with Crippen molar-refractivity contribution in [2.75, 3.05) is 37.3 Å². The van der Waals surface area contributed by atoms with Crippen LogP contribution in [0.5, 0.6) is 0 Å². The number of rotatable bonds is 6. The number of pyridine rings is 1. The fraction of sp³-hybridized carbons (Fsp3) is 0.308. The van der Waals surface area contributed by atoms with Gasteiger partial charge in [-0.05, 0) is 69.4 Å². The van der Waals surface area contributed by atoms with Gasteiger partial charge in [-0.15, -0.1) is 10.2 Å². The number of fused-ring (bicyclic) bond motifs is 1. The number of alkyl halides is 3. The molecule has 4 heterocycles. The Morgan fingerprint density at radius 2 is 1.87 bits per heavy atom. The third kappa shape index (κ3) is 6.20. The van der Waals surface area contributed by atoms with Crippen molar-refractivity contribution in [3.8, 4) is 22.5 Å². The number of piperidine rings is 1. The van der Waals surface area contributed by atoms with Crippen molar-refractivity contribution in [2.24, 2.45) is 0 Å². The third-order valence-corrected chi connectivity index (χ3v) is 6.41. The summed E-state index contributed by atoms with van der Waals surface area (Å²) in [5.41, 5.74) is 4.14. The maximum Gasteiger partial charge on any atom is 0.405 e. The Hall–Kier alpha value is -4.19. The molecule has 0 unspecified atom stereocenters. The number of hydrogen-bond donors (Lipinski definition) is 3. The molecule has 0 radical (unpaired) electrons. The zero-order chi connectivity index (χ0) is 26.7. The molecule has 198 valence electrons. The van der Waals surface area contributed by atoms with Crippen LogP contribution in [0.15, 0.2) is 60.9 Å². The second-order valence-electron chi connectivity index (χ2n) is 9.32. The smallest absolute Gasteiger partial charge is 0.366 e. The van der Waals surface area contributed by atoms with Gasteiger partial charge in [-0.2, -0.15) is 13.2 Å². The topological polar surface area (TPSA) is 99.5 Å². The number of nitrogens with zero attached hydrogens (tertiary/aromatic N) is 5. The standard InChI is InChI=1S/C26H27F3N8O/c1-36-10-8-19(9-11-36)32-23-6-5-21(34-35-23)17-7-12-37-22(15-30-24(37)14-17)18-3-2-4-20(13-18)33-25(38)31-16-26(27,28)29/h2-7,12-15,19H,8-11,16H2,1H3,(H,32,35)(H2,31,33,38). The molecule has 3 aromatic heterocycles. The first-order valence-corrected chi connectivity index (χ1v) is 12.2. The molecule has 38 heavy (non-hydrogen) atoms. The van der Waals surface area contributed by atoms with Gasteiger partial charge in [0.2, 0.25) is 0 Å². The lowest BCUT2D eigenvalue weighted by Gasteiger charge is -2.29. The second kappa shape index (κ2) is 10.7. The number of carbonyl (C=O) groups is 1. The molecule has 9 nitrogen and oxygen atoms in total. The van der Waals surface area contributed by atoms with Crippen molar-refractivity contribution < 1.29 is 18.0 Å². The van der Waals surface area contributed by atoms with Crippen molar-refractivity contribution >= 4 is 23.2 Å². The molecule has 0 spiro atoms. The quantitative estimate of drug-likeness (QED) is 0.340. The number of benzene rings is 1. The molecule has 12 heteroatoms. The molecule has 0 aliphatic carbocycles. The molecule has 4 aromatic rings. The first-order chi connectivity index (χ1) is 18.2. The van der Waals surface area contributed by atoms with E-state index in [0.29, 0.717) is 17.4 Å². The molecule has 2 amide bonds. The molecule has 3 N–H and O–H groups in total. The van der Waals surface area contributed by atoms with Gasteiger partial charge >= 0.3 is 12.2 Å². The van der Waals surface area contributed by atoms with Gasteiger partial charge in [0.1, 0.15) is 18.0 Å². The van der Waals surface area contributed by atoms with Crippen molar-refractivity contribution in [3.05, 3.63) is 60.9 Å². The monoisotopic (exact) mass is 524 g/mol. The van der Waals surface area contributed by atoms with Crippen LogP contribution in [0.25, 0.3) is 28.2 Å². The Morgan fingerprint density at radius 3 is 2.61 bits per heavy atom. The summed E-state index contributed by atoms with van der Waals surface area (Å²) >= 11 is 0. The highest BCUT2D eigenvalue weighted by atomic mass is 19.4. The molecule has 1 saturated heterocycles. The number of urea groups is 1. The van der Waals surface area contributed by atoms with Crippen LogP contribution in [-0.4, -0.2) is 69.4 Å². The normalized spacial score (nSPS) is 14.9. The summed E-state index contributed by atoms with van der Waals surface area (Å²) in [6.45, 7) is 0.719. The Labute approximate surface area is 217 Å². The van der Waals surface area contributed by atoms with Gasteiger partial charge < -0.3 is 20.9 Å². The van der Waals surface area contributed by atoms with Crippen molar-refractivity contribution in [2.45, 2.75) is 25.1 Å². The fourth-order valence-electron chi connectivity index (χ4n) is 4.39. The van der Waals surface area contributed by atoms with Gasteiger partial charge in [-0.25, -0.2) is 9.78 Å². The van der Waals surface area contributed by atoms with E-state index in [-0.39, 0.29) is 0 Å². The van der Waals surface area contributed by atoms with Gasteiger partial charge in [-0.1, -0.05) is 12.1 Å². The molecule has 0 bridgehead atoms. The largest absolute Gasteiger partial charge is 0.405 e. The van der Waals surface area contributed by atoms with Gasteiger partial charge in [-0.3, -0.25) is 4.40 Å². The summed E-state index contributed by atoms with van der Waals surface area (Å²) in [6.07, 6.45) is 1.23. The highest BCUT2D eigenvalue weighted by molar-refractivity contribution is 5.90. The van der Waals surface area contributed by atoms with Crippen molar-refractivity contribution in [1.82, 2.24) is 29.8 Å². The number of aromatic nitrogens is 4. The summed E-state index contributed by atoms with van der Waals surface area (Å²) in [7, 11) is 2.13. The predicted octanol–water partition coefficient (Wildman–Crippen LogP) is 4.65. The number of nitrogens with one attached hydrogen (secondary N) is 3. The van der Waals surface area contributed by atoms with Crippen LogP contribution in [0.4, 0.5) is 29.5 Å². The summed E-state index contributed by atoms with van der Waals surface area (Å²) in [5, 5.41) is 16.4. The number of halogens is 3. The number of carbonyl (C=O) groups excluding carboxylic acids is 1. The zero-order valence-corrected chi connectivity index (χ0v) is 20.7. The lowest BCUT2D eigenvalue weighted by atomic mass is 10.1. The number of amides is 2. The van der Waals surface area contributed by atoms with Crippen LogP contribution in [0, 0.1) is 0 Å². The highest BCUT2D eigenvalue weighted by Crippen LogP contribution is 2.26. The zero-order valence-electron chi connectivity index (χ0n) is 20.7. The fourth-order valence-corrected chi connectivity index (χ4v) is 4.39. The van der Waals surface area contributed by atoms with E-state index >= 15 is 0 Å².